The van der Waals surface area contributed by atoms with Crippen molar-refractivity contribution in [3.05, 3.63) is 77.2 Å². The minimum atomic E-state index is -0.120. The largest absolute Gasteiger partial charge is 0.346 e. The molecule has 0 amide bonds. The van der Waals surface area contributed by atoms with Gasteiger partial charge in [-0.25, -0.2) is 14.6 Å². The number of hydrogen-bond acceptors (Lipinski definition) is 5. The lowest BCUT2D eigenvalue weighted by Gasteiger charge is -2.11. The summed E-state index contributed by atoms with van der Waals surface area (Å²) in [7, 11) is 0. The Morgan fingerprint density at radius 2 is 2.11 bits per heavy atom. The third kappa shape index (κ3) is 2.38. The quantitative estimate of drug-likeness (QED) is 0.524. The van der Waals surface area contributed by atoms with Crippen LogP contribution in [0.2, 0.25) is 0 Å². The molecule has 5 aromatic rings. The number of aromatic nitrogens is 6. The van der Waals surface area contributed by atoms with E-state index in [-0.39, 0.29) is 5.43 Å². The van der Waals surface area contributed by atoms with Crippen LogP contribution in [0.1, 0.15) is 5.56 Å². The van der Waals surface area contributed by atoms with E-state index in [4.69, 9.17) is 5.26 Å². The summed E-state index contributed by atoms with van der Waals surface area (Å²) in [6.45, 7) is 0. The molecule has 0 saturated heterocycles. The molecule has 0 fully saturated rings. The number of aromatic amines is 1. The second-order valence-corrected chi connectivity index (χ2v) is 5.99. The maximum absolute atomic E-state index is 12.3. The zero-order chi connectivity index (χ0) is 18.4. The molecule has 0 aromatic carbocycles. The third-order valence-corrected chi connectivity index (χ3v) is 4.35. The van der Waals surface area contributed by atoms with Crippen LogP contribution < -0.4 is 5.43 Å². The summed E-state index contributed by atoms with van der Waals surface area (Å²) in [5.74, 6) is 0.519. The number of nitriles is 1. The fourth-order valence-electron chi connectivity index (χ4n) is 3.05. The lowest BCUT2D eigenvalue weighted by atomic mass is 10.1. The number of rotatable bonds is 2. The van der Waals surface area contributed by atoms with E-state index in [1.165, 1.54) is 16.9 Å². The van der Waals surface area contributed by atoms with Gasteiger partial charge >= 0.3 is 0 Å². The Balaban J connectivity index is 1.84. The number of imidazole rings is 1. The van der Waals surface area contributed by atoms with Gasteiger partial charge in [0, 0.05) is 42.0 Å². The van der Waals surface area contributed by atoms with Crippen LogP contribution in [0.15, 0.2) is 66.2 Å². The summed E-state index contributed by atoms with van der Waals surface area (Å²) in [5.41, 5.74) is 3.15. The van der Waals surface area contributed by atoms with Crippen LogP contribution >= 0.6 is 0 Å². The van der Waals surface area contributed by atoms with Gasteiger partial charge in [0.25, 0.3) is 0 Å². The molecule has 0 spiro atoms. The van der Waals surface area contributed by atoms with Gasteiger partial charge in [0.05, 0.1) is 23.3 Å². The van der Waals surface area contributed by atoms with E-state index in [9.17, 15) is 4.79 Å². The molecule has 0 aliphatic carbocycles. The first-order chi connectivity index (χ1) is 13.2. The summed E-state index contributed by atoms with van der Waals surface area (Å²) in [5, 5.41) is 13.8. The predicted molar refractivity (Wildman–Crippen MR) is 98.4 cm³/mol. The fraction of sp³-hybridized carbons (Fsp3) is 0. The van der Waals surface area contributed by atoms with Gasteiger partial charge in [-0.1, -0.05) is 0 Å². The Morgan fingerprint density at radius 1 is 1.19 bits per heavy atom. The van der Waals surface area contributed by atoms with E-state index >= 15 is 0 Å². The van der Waals surface area contributed by atoms with Crippen molar-refractivity contribution in [1.82, 2.24) is 29.1 Å². The van der Waals surface area contributed by atoms with Gasteiger partial charge in [0.15, 0.2) is 11.2 Å². The van der Waals surface area contributed by atoms with Crippen LogP contribution in [0.3, 0.4) is 0 Å². The fourth-order valence-corrected chi connectivity index (χ4v) is 3.05. The van der Waals surface area contributed by atoms with E-state index in [1.807, 2.05) is 28.9 Å². The normalized spacial score (nSPS) is 11.1. The summed E-state index contributed by atoms with van der Waals surface area (Å²) in [6, 6.07) is 9.13. The molecule has 0 saturated carbocycles. The molecule has 0 aliphatic rings. The SMILES string of the molecule is N#Cc1cnn(-c2nc3[nH]ccc(=O)c3cc2-c2ccc3nccn3c2)c1. The van der Waals surface area contributed by atoms with Gasteiger partial charge in [-0.15, -0.1) is 0 Å². The van der Waals surface area contributed by atoms with Crippen LogP contribution in [0.4, 0.5) is 0 Å². The lowest BCUT2D eigenvalue weighted by molar-refractivity contribution is 0.852. The minimum Gasteiger partial charge on any atom is -0.346 e. The zero-order valence-corrected chi connectivity index (χ0v) is 13.9. The van der Waals surface area contributed by atoms with Crippen LogP contribution in [0.25, 0.3) is 33.6 Å². The molecule has 5 heterocycles. The molecular formula is C19H11N7O. The van der Waals surface area contributed by atoms with Crippen molar-refractivity contribution < 1.29 is 0 Å². The third-order valence-electron chi connectivity index (χ3n) is 4.35. The molecule has 8 heteroatoms. The van der Waals surface area contributed by atoms with Crippen molar-refractivity contribution in [1.29, 1.82) is 5.26 Å². The van der Waals surface area contributed by atoms with Crippen molar-refractivity contribution in [3.63, 3.8) is 0 Å². The first-order valence-electron chi connectivity index (χ1n) is 8.13. The highest BCUT2D eigenvalue weighted by atomic mass is 16.1. The second-order valence-electron chi connectivity index (χ2n) is 5.99. The summed E-state index contributed by atoms with van der Waals surface area (Å²) < 4.78 is 3.43. The highest BCUT2D eigenvalue weighted by Crippen LogP contribution is 2.28. The lowest BCUT2D eigenvalue weighted by Crippen LogP contribution is -2.07. The van der Waals surface area contributed by atoms with E-state index < -0.39 is 0 Å². The zero-order valence-electron chi connectivity index (χ0n) is 13.9. The molecule has 0 aliphatic heterocycles. The second kappa shape index (κ2) is 5.64. The summed E-state index contributed by atoms with van der Waals surface area (Å²) >= 11 is 0. The minimum absolute atomic E-state index is 0.120. The summed E-state index contributed by atoms with van der Waals surface area (Å²) in [6.07, 6.45) is 10.1. The molecule has 0 bridgehead atoms. The Morgan fingerprint density at radius 3 is 2.96 bits per heavy atom. The Bertz CT molecular complexity index is 1420. The van der Waals surface area contributed by atoms with Gasteiger partial charge < -0.3 is 9.38 Å². The average Bonchev–Trinajstić information content (AvgIpc) is 3.36. The van der Waals surface area contributed by atoms with Crippen molar-refractivity contribution in [2.45, 2.75) is 0 Å². The monoisotopic (exact) mass is 353 g/mol. The van der Waals surface area contributed by atoms with Crippen molar-refractivity contribution in [2.75, 3.05) is 0 Å². The molecule has 128 valence electrons. The number of H-pyrrole nitrogens is 1. The van der Waals surface area contributed by atoms with Crippen LogP contribution in [-0.2, 0) is 0 Å². The van der Waals surface area contributed by atoms with Crippen LogP contribution in [0.5, 0.6) is 0 Å². The Labute approximate surface area is 152 Å². The maximum atomic E-state index is 12.3. The molecule has 0 radical (unpaired) electrons. The van der Waals surface area contributed by atoms with E-state index in [1.54, 1.807) is 24.7 Å². The number of nitrogens with zero attached hydrogens (tertiary/aromatic N) is 6. The average molecular weight is 353 g/mol. The predicted octanol–water partition coefficient (Wildman–Crippen LogP) is 2.30. The van der Waals surface area contributed by atoms with Crippen molar-refractivity contribution in [3.8, 4) is 23.0 Å². The van der Waals surface area contributed by atoms with Gasteiger partial charge in [-0.3, -0.25) is 4.79 Å². The number of hydrogen-bond donors (Lipinski definition) is 1. The molecule has 27 heavy (non-hydrogen) atoms. The number of fused-ring (bicyclic) bond motifs is 2. The van der Waals surface area contributed by atoms with Gasteiger partial charge in [0.2, 0.25) is 0 Å². The molecule has 0 unspecified atom stereocenters. The summed E-state index contributed by atoms with van der Waals surface area (Å²) in [4.78, 5) is 24.1. The van der Waals surface area contributed by atoms with Crippen molar-refractivity contribution in [2.24, 2.45) is 0 Å². The molecule has 5 aromatic heterocycles. The van der Waals surface area contributed by atoms with Gasteiger partial charge in [0.1, 0.15) is 17.4 Å². The van der Waals surface area contributed by atoms with Gasteiger partial charge in [-0.05, 0) is 18.2 Å². The van der Waals surface area contributed by atoms with E-state index in [2.05, 4.69) is 26.1 Å². The number of pyridine rings is 3. The molecular weight excluding hydrogens is 342 g/mol. The Kier molecular flexibility index (Phi) is 3.14. The van der Waals surface area contributed by atoms with Crippen molar-refractivity contribution >= 4 is 16.7 Å². The van der Waals surface area contributed by atoms with Crippen LogP contribution in [0, 0.1) is 11.3 Å². The maximum Gasteiger partial charge on any atom is 0.191 e. The topological polar surface area (TPSA) is 105 Å². The molecule has 5 rings (SSSR count). The Hall–Kier alpha value is -4.25. The van der Waals surface area contributed by atoms with E-state index in [0.717, 1.165) is 16.8 Å². The first kappa shape index (κ1) is 15.0. The van der Waals surface area contributed by atoms with E-state index in [0.29, 0.717) is 22.4 Å². The van der Waals surface area contributed by atoms with Crippen LogP contribution in [-0.4, -0.2) is 29.1 Å². The highest BCUT2D eigenvalue weighted by molar-refractivity contribution is 5.85. The molecule has 0 atom stereocenters. The highest BCUT2D eigenvalue weighted by Gasteiger charge is 2.15. The standard InChI is InChI=1S/C19H11N7O/c20-8-12-9-23-26(10-12)19-14(7-15-16(27)3-4-22-18(15)24-19)13-1-2-17-21-5-6-25(17)11-13/h1-7,9-11H,(H,22,24,27). The molecule has 8 nitrogen and oxygen atoms in total. The first-order valence-corrected chi connectivity index (χ1v) is 8.13. The molecule has 1 N–H and O–H groups in total. The smallest absolute Gasteiger partial charge is 0.191 e. The number of nitrogens with one attached hydrogen (secondary N) is 1. The van der Waals surface area contributed by atoms with Gasteiger partial charge in [-0.2, -0.15) is 10.4 Å².